The number of sulfonamides is 1. The predicted octanol–water partition coefficient (Wildman–Crippen LogP) is 2.69. The summed E-state index contributed by atoms with van der Waals surface area (Å²) in [6, 6.07) is 11.5. The zero-order chi connectivity index (χ0) is 20.2. The molecule has 0 unspecified atom stereocenters. The van der Waals surface area contributed by atoms with Crippen LogP contribution in [0.1, 0.15) is 24.3 Å². The number of likely N-dealkylation sites (tertiary alicyclic amines) is 1. The molecule has 0 aliphatic carbocycles. The predicted molar refractivity (Wildman–Crippen MR) is 107 cm³/mol. The summed E-state index contributed by atoms with van der Waals surface area (Å²) >= 11 is 0. The molecule has 148 valence electrons. The lowest BCUT2D eigenvalue weighted by Gasteiger charge is -2.25. The Balaban J connectivity index is 1.43. The van der Waals surface area contributed by atoms with E-state index in [2.05, 4.69) is 14.7 Å². The average Bonchev–Trinajstić information content (AvgIpc) is 3.37. The van der Waals surface area contributed by atoms with Crippen molar-refractivity contribution in [1.29, 1.82) is 0 Å². The van der Waals surface area contributed by atoms with Crippen LogP contribution in [0.5, 0.6) is 0 Å². The molecule has 1 N–H and O–H groups in total. The molecule has 9 heteroatoms. The third-order valence-electron chi connectivity index (χ3n) is 5.20. The van der Waals surface area contributed by atoms with E-state index in [4.69, 9.17) is 4.42 Å². The standard InChI is InChI=1S/C20H18N4O4S/c1-12-21-15-11-13(8-9-17(15)28-12)22-20(25)16-6-4-10-24(16)19-14-5-2-3-7-18(14)29(26,27)23-19/h2-3,5,7-9,11,16H,4,6,10H2,1H3,(H,22,25)/t16-/m0/s1. The van der Waals surface area contributed by atoms with E-state index in [0.29, 0.717) is 47.0 Å². The number of aromatic nitrogens is 1. The molecule has 2 aromatic carbocycles. The van der Waals surface area contributed by atoms with Crippen LogP contribution in [0, 0.1) is 6.92 Å². The second-order valence-corrected chi connectivity index (χ2v) is 8.71. The van der Waals surface area contributed by atoms with E-state index in [1.54, 1.807) is 54.3 Å². The summed E-state index contributed by atoms with van der Waals surface area (Å²) in [5, 5.41) is 2.92. The molecule has 5 rings (SSSR count). The number of anilines is 1. The Bertz CT molecular complexity index is 1280. The zero-order valence-corrected chi connectivity index (χ0v) is 16.4. The molecule has 3 aromatic rings. The summed E-state index contributed by atoms with van der Waals surface area (Å²) in [6.07, 6.45) is 1.40. The van der Waals surface area contributed by atoms with Gasteiger partial charge in [0.2, 0.25) is 5.91 Å². The molecule has 0 spiro atoms. The molecule has 1 amide bonds. The minimum absolute atomic E-state index is 0.188. The molecule has 1 fully saturated rings. The minimum atomic E-state index is -3.73. The van der Waals surface area contributed by atoms with Gasteiger partial charge in [0.25, 0.3) is 10.0 Å². The van der Waals surface area contributed by atoms with Gasteiger partial charge >= 0.3 is 0 Å². The Kier molecular flexibility index (Phi) is 3.95. The van der Waals surface area contributed by atoms with Gasteiger partial charge in [0.15, 0.2) is 17.3 Å². The highest BCUT2D eigenvalue weighted by atomic mass is 32.2. The maximum absolute atomic E-state index is 13.0. The van der Waals surface area contributed by atoms with Gasteiger partial charge in [-0.25, -0.2) is 4.98 Å². The van der Waals surface area contributed by atoms with E-state index < -0.39 is 16.1 Å². The van der Waals surface area contributed by atoms with Crippen molar-refractivity contribution in [2.75, 3.05) is 11.9 Å². The third kappa shape index (κ3) is 2.98. The molecular formula is C20H18N4O4S. The molecule has 2 aliphatic rings. The Hall–Kier alpha value is -3.20. The van der Waals surface area contributed by atoms with E-state index >= 15 is 0 Å². The van der Waals surface area contributed by atoms with Gasteiger partial charge < -0.3 is 14.6 Å². The molecule has 1 aromatic heterocycles. The van der Waals surface area contributed by atoms with Gasteiger partial charge in [-0.05, 0) is 43.2 Å². The highest BCUT2D eigenvalue weighted by Gasteiger charge is 2.39. The molecular weight excluding hydrogens is 392 g/mol. The molecule has 0 bridgehead atoms. The van der Waals surface area contributed by atoms with Gasteiger partial charge in [0, 0.05) is 24.7 Å². The summed E-state index contributed by atoms with van der Waals surface area (Å²) < 4.78 is 34.2. The van der Waals surface area contributed by atoms with Crippen LogP contribution >= 0.6 is 0 Å². The van der Waals surface area contributed by atoms with Crippen LogP contribution in [-0.4, -0.2) is 42.6 Å². The summed E-state index contributed by atoms with van der Waals surface area (Å²) in [6.45, 7) is 2.34. The maximum Gasteiger partial charge on any atom is 0.285 e. The molecule has 8 nitrogen and oxygen atoms in total. The van der Waals surface area contributed by atoms with Crippen molar-refractivity contribution in [2.24, 2.45) is 4.40 Å². The van der Waals surface area contributed by atoms with E-state index in [1.807, 2.05) is 0 Å². The van der Waals surface area contributed by atoms with Crippen LogP contribution in [0.3, 0.4) is 0 Å². The summed E-state index contributed by atoms with van der Waals surface area (Å²) in [4.78, 5) is 19.3. The number of hydrogen-bond donors (Lipinski definition) is 1. The Labute approximate surface area is 167 Å². The highest BCUT2D eigenvalue weighted by Crippen LogP contribution is 2.31. The number of oxazole rings is 1. The van der Waals surface area contributed by atoms with Gasteiger partial charge in [-0.15, -0.1) is 4.40 Å². The van der Waals surface area contributed by atoms with Crippen molar-refractivity contribution >= 4 is 38.6 Å². The Morgan fingerprint density at radius 1 is 1.24 bits per heavy atom. The monoisotopic (exact) mass is 410 g/mol. The number of aryl methyl sites for hydroxylation is 1. The number of hydrogen-bond acceptors (Lipinski definition) is 6. The number of nitrogens with zero attached hydrogens (tertiary/aromatic N) is 3. The number of nitrogens with one attached hydrogen (secondary N) is 1. The van der Waals surface area contributed by atoms with Crippen molar-refractivity contribution in [2.45, 2.75) is 30.7 Å². The molecule has 29 heavy (non-hydrogen) atoms. The lowest BCUT2D eigenvalue weighted by Crippen LogP contribution is -2.43. The molecule has 1 atom stereocenters. The normalized spacial score (nSPS) is 20.0. The van der Waals surface area contributed by atoms with Gasteiger partial charge in [-0.1, -0.05) is 12.1 Å². The summed E-state index contributed by atoms with van der Waals surface area (Å²) in [7, 11) is -3.73. The number of amides is 1. The first-order chi connectivity index (χ1) is 13.9. The fourth-order valence-corrected chi connectivity index (χ4v) is 5.15. The number of carbonyl (C=O) groups is 1. The zero-order valence-electron chi connectivity index (χ0n) is 15.6. The first-order valence-corrected chi connectivity index (χ1v) is 10.8. The molecule has 1 saturated heterocycles. The van der Waals surface area contributed by atoms with Crippen molar-refractivity contribution < 1.29 is 17.6 Å². The molecule has 0 radical (unpaired) electrons. The van der Waals surface area contributed by atoms with Gasteiger partial charge in [-0.2, -0.15) is 8.42 Å². The molecule has 3 heterocycles. The topological polar surface area (TPSA) is 105 Å². The van der Waals surface area contributed by atoms with Crippen molar-refractivity contribution in [3.8, 4) is 0 Å². The van der Waals surface area contributed by atoms with Crippen LogP contribution in [0.25, 0.3) is 11.1 Å². The molecule has 2 aliphatic heterocycles. The van der Waals surface area contributed by atoms with E-state index in [-0.39, 0.29) is 10.8 Å². The quantitative estimate of drug-likeness (QED) is 0.696. The van der Waals surface area contributed by atoms with E-state index in [9.17, 15) is 13.2 Å². The van der Waals surface area contributed by atoms with Crippen LogP contribution in [0.15, 0.2) is 56.2 Å². The highest BCUT2D eigenvalue weighted by molar-refractivity contribution is 7.90. The first-order valence-electron chi connectivity index (χ1n) is 9.31. The van der Waals surface area contributed by atoms with E-state index in [1.165, 1.54) is 0 Å². The Morgan fingerprint density at radius 3 is 2.93 bits per heavy atom. The van der Waals surface area contributed by atoms with Gasteiger partial charge in [0.1, 0.15) is 16.5 Å². The average molecular weight is 410 g/mol. The fraction of sp³-hybridized carbons (Fsp3) is 0.250. The third-order valence-corrected chi connectivity index (χ3v) is 6.53. The van der Waals surface area contributed by atoms with Crippen LogP contribution < -0.4 is 5.32 Å². The minimum Gasteiger partial charge on any atom is -0.441 e. The van der Waals surface area contributed by atoms with Crippen molar-refractivity contribution in [3.05, 3.63) is 53.9 Å². The molecule has 0 saturated carbocycles. The first kappa shape index (κ1) is 17.9. The van der Waals surface area contributed by atoms with Gasteiger partial charge in [0.05, 0.1) is 0 Å². The number of amidine groups is 1. The number of rotatable bonds is 2. The summed E-state index contributed by atoms with van der Waals surface area (Å²) in [5.41, 5.74) is 2.49. The lowest BCUT2D eigenvalue weighted by atomic mass is 10.1. The largest absolute Gasteiger partial charge is 0.441 e. The summed E-state index contributed by atoms with van der Waals surface area (Å²) in [5.74, 6) is 0.705. The fourth-order valence-electron chi connectivity index (χ4n) is 3.93. The second-order valence-electron chi connectivity index (χ2n) is 7.14. The van der Waals surface area contributed by atoms with E-state index in [0.717, 1.165) is 6.42 Å². The van der Waals surface area contributed by atoms with Gasteiger partial charge in [-0.3, -0.25) is 4.79 Å². The number of benzene rings is 2. The van der Waals surface area contributed by atoms with Crippen LogP contribution in [0.4, 0.5) is 5.69 Å². The number of carbonyl (C=O) groups excluding carboxylic acids is 1. The number of fused-ring (bicyclic) bond motifs is 2. The van der Waals surface area contributed by atoms with Crippen LogP contribution in [-0.2, 0) is 14.8 Å². The smallest absolute Gasteiger partial charge is 0.285 e. The van der Waals surface area contributed by atoms with Crippen LogP contribution in [0.2, 0.25) is 0 Å². The Morgan fingerprint density at radius 2 is 2.07 bits per heavy atom. The SMILES string of the molecule is Cc1nc2cc(NC(=O)[C@@H]3CCCN3C3=NS(=O)(=O)c4ccccc43)ccc2o1. The maximum atomic E-state index is 13.0. The lowest BCUT2D eigenvalue weighted by molar-refractivity contribution is -0.119. The second kappa shape index (κ2) is 6.41. The van der Waals surface area contributed by atoms with Crippen molar-refractivity contribution in [1.82, 2.24) is 9.88 Å². The van der Waals surface area contributed by atoms with Crippen molar-refractivity contribution in [3.63, 3.8) is 0 Å².